The molecular weight excluding hydrogens is 334 g/mol. The van der Waals surface area contributed by atoms with Crippen molar-refractivity contribution in [2.45, 2.75) is 6.54 Å². The number of carbonyl (C=O) groups excluding carboxylic acids is 1. The summed E-state index contributed by atoms with van der Waals surface area (Å²) >= 11 is 0. The van der Waals surface area contributed by atoms with Crippen molar-refractivity contribution in [2.24, 2.45) is 0 Å². The molecule has 0 unspecified atom stereocenters. The van der Waals surface area contributed by atoms with Crippen LogP contribution in [0.25, 0.3) is 0 Å². The van der Waals surface area contributed by atoms with Crippen LogP contribution >= 0.6 is 0 Å². The number of benzene rings is 1. The summed E-state index contributed by atoms with van der Waals surface area (Å²) in [5.41, 5.74) is 0. The van der Waals surface area contributed by atoms with Crippen LogP contribution in [0.5, 0.6) is 11.5 Å². The Kier molecular flexibility index (Phi) is 6.38. The summed E-state index contributed by atoms with van der Waals surface area (Å²) in [6, 6.07) is 11.2. The van der Waals surface area contributed by atoms with Gasteiger partial charge in [-0.05, 0) is 36.4 Å². The third kappa shape index (κ3) is 5.16. The van der Waals surface area contributed by atoms with Crippen molar-refractivity contribution in [3.05, 3.63) is 48.4 Å². The van der Waals surface area contributed by atoms with Crippen molar-refractivity contribution in [1.29, 1.82) is 0 Å². The number of piperazine rings is 1. The van der Waals surface area contributed by atoms with Gasteiger partial charge < -0.3 is 24.1 Å². The standard InChI is InChI=1S/C19H25N3O4/c1-24-16-4-6-17(7-5-16)26-14-12-21-8-10-22(11-9-21)19(23)20-15-18-3-2-13-25-18/h2-7,13H,8-12,14-15H2,1H3,(H,20,23). The number of nitrogens with one attached hydrogen (secondary N) is 1. The molecule has 7 nitrogen and oxygen atoms in total. The average molecular weight is 359 g/mol. The van der Waals surface area contributed by atoms with E-state index in [1.165, 1.54) is 0 Å². The zero-order valence-corrected chi connectivity index (χ0v) is 15.0. The van der Waals surface area contributed by atoms with Crippen molar-refractivity contribution in [1.82, 2.24) is 15.1 Å². The minimum absolute atomic E-state index is 0.0458. The second-order valence-electron chi connectivity index (χ2n) is 6.09. The number of amides is 2. The van der Waals surface area contributed by atoms with Gasteiger partial charge in [0.2, 0.25) is 0 Å². The largest absolute Gasteiger partial charge is 0.497 e. The Morgan fingerprint density at radius 3 is 2.50 bits per heavy atom. The van der Waals surface area contributed by atoms with E-state index in [9.17, 15) is 4.79 Å². The highest BCUT2D eigenvalue weighted by atomic mass is 16.5. The molecule has 0 aliphatic carbocycles. The smallest absolute Gasteiger partial charge is 0.317 e. The second-order valence-corrected chi connectivity index (χ2v) is 6.09. The van der Waals surface area contributed by atoms with Crippen LogP contribution in [-0.4, -0.2) is 62.3 Å². The Balaban J connectivity index is 1.32. The maximum Gasteiger partial charge on any atom is 0.317 e. The van der Waals surface area contributed by atoms with Gasteiger partial charge in [-0.1, -0.05) is 0 Å². The molecule has 2 aromatic rings. The van der Waals surface area contributed by atoms with Gasteiger partial charge in [0, 0.05) is 32.7 Å². The average Bonchev–Trinajstić information content (AvgIpc) is 3.21. The molecule has 0 bridgehead atoms. The first-order chi connectivity index (χ1) is 12.7. The van der Waals surface area contributed by atoms with E-state index in [2.05, 4.69) is 10.2 Å². The molecule has 0 radical (unpaired) electrons. The van der Waals surface area contributed by atoms with E-state index in [0.29, 0.717) is 26.2 Å². The Bertz CT molecular complexity index is 665. The maximum atomic E-state index is 12.2. The van der Waals surface area contributed by atoms with Gasteiger partial charge in [-0.25, -0.2) is 4.79 Å². The van der Waals surface area contributed by atoms with E-state index in [0.717, 1.165) is 36.9 Å². The van der Waals surface area contributed by atoms with Crippen LogP contribution in [0, 0.1) is 0 Å². The van der Waals surface area contributed by atoms with Gasteiger partial charge in [-0.15, -0.1) is 0 Å². The fourth-order valence-electron chi connectivity index (χ4n) is 2.83. The highest BCUT2D eigenvalue weighted by Gasteiger charge is 2.20. The molecule has 1 N–H and O–H groups in total. The van der Waals surface area contributed by atoms with Crippen molar-refractivity contribution in [3.8, 4) is 11.5 Å². The number of furan rings is 1. The van der Waals surface area contributed by atoms with Crippen LogP contribution in [-0.2, 0) is 6.54 Å². The van der Waals surface area contributed by atoms with E-state index in [1.54, 1.807) is 13.4 Å². The van der Waals surface area contributed by atoms with Gasteiger partial charge in [0.15, 0.2) is 0 Å². The van der Waals surface area contributed by atoms with Gasteiger partial charge in [-0.2, -0.15) is 0 Å². The molecule has 1 saturated heterocycles. The summed E-state index contributed by atoms with van der Waals surface area (Å²) in [6.45, 7) is 5.01. The van der Waals surface area contributed by atoms with Gasteiger partial charge in [0.1, 0.15) is 23.9 Å². The highest BCUT2D eigenvalue weighted by molar-refractivity contribution is 5.74. The summed E-state index contributed by atoms with van der Waals surface area (Å²) < 4.78 is 16.1. The number of nitrogens with zero attached hydrogens (tertiary/aromatic N) is 2. The molecule has 1 aromatic heterocycles. The molecule has 1 aliphatic rings. The SMILES string of the molecule is COc1ccc(OCCN2CCN(C(=O)NCc3ccco3)CC2)cc1. The topological polar surface area (TPSA) is 67.2 Å². The molecule has 1 aliphatic heterocycles. The first kappa shape index (κ1) is 18.1. The molecular formula is C19H25N3O4. The molecule has 140 valence electrons. The van der Waals surface area contributed by atoms with Crippen molar-refractivity contribution < 1.29 is 18.7 Å². The third-order valence-corrected chi connectivity index (χ3v) is 4.39. The van der Waals surface area contributed by atoms with Gasteiger partial charge in [0.25, 0.3) is 0 Å². The minimum atomic E-state index is -0.0458. The lowest BCUT2D eigenvalue weighted by atomic mass is 10.3. The number of carbonyl (C=O) groups is 1. The fraction of sp³-hybridized carbons (Fsp3) is 0.421. The first-order valence-corrected chi connectivity index (χ1v) is 8.79. The first-order valence-electron chi connectivity index (χ1n) is 8.79. The van der Waals surface area contributed by atoms with Crippen LogP contribution < -0.4 is 14.8 Å². The highest BCUT2D eigenvalue weighted by Crippen LogP contribution is 2.17. The van der Waals surface area contributed by atoms with Crippen LogP contribution in [0.4, 0.5) is 4.79 Å². The predicted molar refractivity (Wildman–Crippen MR) is 97.4 cm³/mol. The Hall–Kier alpha value is -2.67. The van der Waals surface area contributed by atoms with E-state index in [1.807, 2.05) is 41.3 Å². The zero-order valence-electron chi connectivity index (χ0n) is 15.0. The van der Waals surface area contributed by atoms with Gasteiger partial charge in [-0.3, -0.25) is 4.90 Å². The molecule has 0 atom stereocenters. The quantitative estimate of drug-likeness (QED) is 0.821. The second kappa shape index (κ2) is 9.15. The van der Waals surface area contributed by atoms with Crippen LogP contribution in [0.3, 0.4) is 0 Å². The molecule has 3 rings (SSSR count). The van der Waals surface area contributed by atoms with Crippen molar-refractivity contribution in [3.63, 3.8) is 0 Å². The summed E-state index contributed by atoms with van der Waals surface area (Å²) in [5.74, 6) is 2.41. The number of ether oxygens (including phenoxy) is 2. The molecule has 7 heteroatoms. The molecule has 2 amide bonds. The van der Waals surface area contributed by atoms with E-state index >= 15 is 0 Å². The molecule has 26 heavy (non-hydrogen) atoms. The summed E-state index contributed by atoms with van der Waals surface area (Å²) in [5, 5.41) is 2.88. The summed E-state index contributed by atoms with van der Waals surface area (Å²) in [7, 11) is 1.65. The van der Waals surface area contributed by atoms with Gasteiger partial charge in [0.05, 0.1) is 19.9 Å². The van der Waals surface area contributed by atoms with Crippen LogP contribution in [0.1, 0.15) is 5.76 Å². The number of rotatable bonds is 7. The van der Waals surface area contributed by atoms with Crippen LogP contribution in [0.15, 0.2) is 47.1 Å². The summed E-state index contributed by atoms with van der Waals surface area (Å²) in [4.78, 5) is 16.3. The fourth-order valence-corrected chi connectivity index (χ4v) is 2.83. The lowest BCUT2D eigenvalue weighted by Crippen LogP contribution is -2.52. The van der Waals surface area contributed by atoms with Crippen molar-refractivity contribution in [2.75, 3.05) is 46.4 Å². The lowest BCUT2D eigenvalue weighted by molar-refractivity contribution is 0.125. The number of urea groups is 1. The van der Waals surface area contributed by atoms with Crippen LogP contribution in [0.2, 0.25) is 0 Å². The molecule has 1 fully saturated rings. The van der Waals surface area contributed by atoms with Gasteiger partial charge >= 0.3 is 6.03 Å². The predicted octanol–water partition coefficient (Wildman–Crippen LogP) is 2.19. The summed E-state index contributed by atoms with van der Waals surface area (Å²) in [6.07, 6.45) is 1.61. The normalized spacial score (nSPS) is 14.9. The molecule has 2 heterocycles. The van der Waals surface area contributed by atoms with Crippen molar-refractivity contribution >= 4 is 6.03 Å². The Morgan fingerprint density at radius 1 is 1.12 bits per heavy atom. The molecule has 0 saturated carbocycles. The van der Waals surface area contributed by atoms with E-state index in [-0.39, 0.29) is 6.03 Å². The molecule has 0 spiro atoms. The number of hydrogen-bond acceptors (Lipinski definition) is 5. The monoisotopic (exact) mass is 359 g/mol. The third-order valence-electron chi connectivity index (χ3n) is 4.39. The Labute approximate surface area is 153 Å². The zero-order chi connectivity index (χ0) is 18.2. The van der Waals surface area contributed by atoms with E-state index < -0.39 is 0 Å². The molecule has 1 aromatic carbocycles. The minimum Gasteiger partial charge on any atom is -0.497 e. The Morgan fingerprint density at radius 2 is 1.85 bits per heavy atom. The number of methoxy groups -OCH3 is 1. The van der Waals surface area contributed by atoms with E-state index in [4.69, 9.17) is 13.9 Å². The number of hydrogen-bond donors (Lipinski definition) is 1. The lowest BCUT2D eigenvalue weighted by Gasteiger charge is -2.34. The maximum absolute atomic E-state index is 12.2.